The van der Waals surface area contributed by atoms with Crippen LogP contribution in [0.5, 0.6) is 0 Å². The zero-order valence-corrected chi connectivity index (χ0v) is 12.5. The minimum Gasteiger partial charge on any atom is -0.335 e. The van der Waals surface area contributed by atoms with Gasteiger partial charge in [-0.25, -0.2) is 13.8 Å². The van der Waals surface area contributed by atoms with Gasteiger partial charge in [0, 0.05) is 0 Å². The van der Waals surface area contributed by atoms with E-state index in [4.69, 9.17) is 0 Å². The third-order valence-electron chi connectivity index (χ3n) is 2.98. The van der Waals surface area contributed by atoms with E-state index in [0.29, 0.717) is 10.6 Å². The van der Waals surface area contributed by atoms with Crippen LogP contribution in [0, 0.1) is 11.6 Å². The lowest BCUT2D eigenvalue weighted by Crippen LogP contribution is -2.10. The Morgan fingerprint density at radius 1 is 1.04 bits per heavy atom. The number of carbonyl (C=O) groups excluding carboxylic acids is 1. The highest BCUT2D eigenvalue weighted by molar-refractivity contribution is 7.12. The van der Waals surface area contributed by atoms with Crippen molar-refractivity contribution in [3.05, 3.63) is 70.6 Å². The van der Waals surface area contributed by atoms with Crippen LogP contribution in [0.1, 0.15) is 9.67 Å². The molecule has 0 aliphatic heterocycles. The van der Waals surface area contributed by atoms with Crippen molar-refractivity contribution in [3.8, 4) is 0 Å². The van der Waals surface area contributed by atoms with Crippen LogP contribution in [0.2, 0.25) is 0 Å². The molecule has 0 unspecified atom stereocenters. The number of para-hydroxylation sites is 1. The summed E-state index contributed by atoms with van der Waals surface area (Å²) in [4.78, 5) is 16.5. The summed E-state index contributed by atoms with van der Waals surface area (Å²) in [7, 11) is 0. The van der Waals surface area contributed by atoms with E-state index in [-0.39, 0.29) is 17.4 Å². The molecule has 0 atom stereocenters. The monoisotopic (exact) mass is 331 g/mol. The third kappa shape index (κ3) is 3.51. The van der Waals surface area contributed by atoms with E-state index in [1.165, 1.54) is 29.7 Å². The fraction of sp³-hybridized carbons (Fsp3) is 0. The van der Waals surface area contributed by atoms with Crippen LogP contribution in [-0.4, -0.2) is 10.9 Å². The molecule has 3 aromatic rings. The lowest BCUT2D eigenvalue weighted by molar-refractivity contribution is 0.103. The van der Waals surface area contributed by atoms with E-state index in [0.717, 1.165) is 12.1 Å². The van der Waals surface area contributed by atoms with E-state index in [9.17, 15) is 13.6 Å². The molecule has 0 saturated heterocycles. The SMILES string of the molecule is O=C(Nc1ccc(Nc2c(F)cccc2F)nc1)c1cccs1. The quantitative estimate of drug-likeness (QED) is 0.744. The van der Waals surface area contributed by atoms with Crippen LogP contribution in [0.3, 0.4) is 0 Å². The molecule has 1 aromatic carbocycles. The maximum atomic E-state index is 13.6. The minimum atomic E-state index is -0.707. The van der Waals surface area contributed by atoms with Crippen LogP contribution in [0.25, 0.3) is 0 Å². The molecule has 7 heteroatoms. The standard InChI is InChI=1S/C16H11F2N3OS/c17-11-3-1-4-12(18)15(11)21-14-7-6-10(9-19-14)20-16(22)13-5-2-8-23-13/h1-9H,(H,19,21)(H,20,22). The molecule has 3 rings (SSSR count). The van der Waals surface area contributed by atoms with Crippen molar-refractivity contribution < 1.29 is 13.6 Å². The molecule has 2 N–H and O–H groups in total. The molecule has 0 saturated carbocycles. The Bertz CT molecular complexity index is 800. The van der Waals surface area contributed by atoms with Crippen molar-refractivity contribution in [1.82, 2.24) is 4.98 Å². The average molecular weight is 331 g/mol. The summed E-state index contributed by atoms with van der Waals surface area (Å²) < 4.78 is 27.1. The Morgan fingerprint density at radius 2 is 1.83 bits per heavy atom. The number of halogens is 2. The molecular weight excluding hydrogens is 320 g/mol. The van der Waals surface area contributed by atoms with Crippen LogP contribution in [0.4, 0.5) is 26.0 Å². The highest BCUT2D eigenvalue weighted by Gasteiger charge is 2.10. The zero-order valence-electron chi connectivity index (χ0n) is 11.7. The second kappa shape index (κ2) is 6.53. The number of nitrogens with one attached hydrogen (secondary N) is 2. The number of hydrogen-bond acceptors (Lipinski definition) is 4. The van der Waals surface area contributed by atoms with Gasteiger partial charge in [-0.15, -0.1) is 11.3 Å². The average Bonchev–Trinajstić information content (AvgIpc) is 3.07. The Hall–Kier alpha value is -2.80. The Kier molecular flexibility index (Phi) is 4.29. The number of anilines is 3. The van der Waals surface area contributed by atoms with Crippen LogP contribution >= 0.6 is 11.3 Å². The molecule has 0 fully saturated rings. The van der Waals surface area contributed by atoms with E-state index in [2.05, 4.69) is 15.6 Å². The summed E-state index contributed by atoms with van der Waals surface area (Å²) in [6.07, 6.45) is 1.41. The molecule has 0 spiro atoms. The predicted molar refractivity (Wildman–Crippen MR) is 86.1 cm³/mol. The Morgan fingerprint density at radius 3 is 2.43 bits per heavy atom. The van der Waals surface area contributed by atoms with E-state index in [1.807, 2.05) is 5.38 Å². The molecular formula is C16H11F2N3OS. The Labute approximate surface area is 134 Å². The summed E-state index contributed by atoms with van der Waals surface area (Å²) in [6.45, 7) is 0. The van der Waals surface area contributed by atoms with Crippen molar-refractivity contribution in [2.75, 3.05) is 10.6 Å². The van der Waals surface area contributed by atoms with Gasteiger partial charge in [0.05, 0.1) is 16.8 Å². The van der Waals surface area contributed by atoms with Gasteiger partial charge >= 0.3 is 0 Å². The van der Waals surface area contributed by atoms with E-state index >= 15 is 0 Å². The second-order valence-corrected chi connectivity index (χ2v) is 5.53. The number of amides is 1. The van der Waals surface area contributed by atoms with Gasteiger partial charge in [0.1, 0.15) is 23.1 Å². The number of benzene rings is 1. The molecule has 4 nitrogen and oxygen atoms in total. The number of pyridine rings is 1. The molecule has 1 amide bonds. The first-order chi connectivity index (χ1) is 11.1. The Balaban J connectivity index is 1.71. The fourth-order valence-corrected chi connectivity index (χ4v) is 2.51. The van der Waals surface area contributed by atoms with Gasteiger partial charge in [-0.1, -0.05) is 12.1 Å². The first-order valence-electron chi connectivity index (χ1n) is 6.65. The fourth-order valence-electron chi connectivity index (χ4n) is 1.89. The maximum absolute atomic E-state index is 13.6. The summed E-state index contributed by atoms with van der Waals surface area (Å²) in [5.41, 5.74) is 0.221. The normalized spacial score (nSPS) is 10.3. The molecule has 116 valence electrons. The van der Waals surface area contributed by atoms with Gasteiger partial charge in [0.2, 0.25) is 0 Å². The van der Waals surface area contributed by atoms with Gasteiger partial charge in [-0.05, 0) is 35.7 Å². The van der Waals surface area contributed by atoms with Gasteiger partial charge in [0.15, 0.2) is 0 Å². The lowest BCUT2D eigenvalue weighted by Gasteiger charge is -2.09. The van der Waals surface area contributed by atoms with Crippen molar-refractivity contribution in [2.24, 2.45) is 0 Å². The van der Waals surface area contributed by atoms with Crippen molar-refractivity contribution in [3.63, 3.8) is 0 Å². The number of thiophene rings is 1. The molecule has 0 bridgehead atoms. The van der Waals surface area contributed by atoms with Gasteiger partial charge in [-0.3, -0.25) is 4.79 Å². The minimum absolute atomic E-state index is 0.234. The highest BCUT2D eigenvalue weighted by atomic mass is 32.1. The van der Waals surface area contributed by atoms with Crippen molar-refractivity contribution >= 4 is 34.4 Å². The lowest BCUT2D eigenvalue weighted by atomic mass is 10.3. The molecule has 23 heavy (non-hydrogen) atoms. The summed E-state index contributed by atoms with van der Waals surface area (Å²) in [5.74, 6) is -1.38. The molecule has 2 heterocycles. The molecule has 0 aliphatic carbocycles. The number of nitrogens with zero attached hydrogens (tertiary/aromatic N) is 1. The number of carbonyl (C=O) groups is 1. The second-order valence-electron chi connectivity index (χ2n) is 4.59. The number of aromatic nitrogens is 1. The summed E-state index contributed by atoms with van der Waals surface area (Å²) in [6, 6.07) is 10.2. The van der Waals surface area contributed by atoms with E-state index < -0.39 is 11.6 Å². The number of rotatable bonds is 4. The highest BCUT2D eigenvalue weighted by Crippen LogP contribution is 2.22. The van der Waals surface area contributed by atoms with Crippen LogP contribution < -0.4 is 10.6 Å². The first kappa shape index (κ1) is 15.1. The largest absolute Gasteiger partial charge is 0.335 e. The van der Waals surface area contributed by atoms with Gasteiger partial charge in [-0.2, -0.15) is 0 Å². The van der Waals surface area contributed by atoms with Gasteiger partial charge < -0.3 is 10.6 Å². The summed E-state index contributed by atoms with van der Waals surface area (Å²) in [5, 5.41) is 7.08. The molecule has 0 aliphatic rings. The maximum Gasteiger partial charge on any atom is 0.265 e. The smallest absolute Gasteiger partial charge is 0.265 e. The topological polar surface area (TPSA) is 54.0 Å². The van der Waals surface area contributed by atoms with Crippen LogP contribution in [-0.2, 0) is 0 Å². The van der Waals surface area contributed by atoms with Crippen molar-refractivity contribution in [2.45, 2.75) is 0 Å². The predicted octanol–water partition coefficient (Wildman–Crippen LogP) is 4.42. The first-order valence-corrected chi connectivity index (χ1v) is 7.53. The van der Waals surface area contributed by atoms with Gasteiger partial charge in [0.25, 0.3) is 5.91 Å². The molecule has 2 aromatic heterocycles. The van der Waals surface area contributed by atoms with Crippen molar-refractivity contribution in [1.29, 1.82) is 0 Å². The number of hydrogen-bond donors (Lipinski definition) is 2. The molecule has 0 radical (unpaired) electrons. The summed E-state index contributed by atoms with van der Waals surface area (Å²) >= 11 is 1.33. The third-order valence-corrected chi connectivity index (χ3v) is 3.85. The van der Waals surface area contributed by atoms with Crippen LogP contribution in [0.15, 0.2) is 54.0 Å². The zero-order chi connectivity index (χ0) is 16.2. The van der Waals surface area contributed by atoms with E-state index in [1.54, 1.807) is 18.2 Å².